The van der Waals surface area contributed by atoms with E-state index in [1.54, 1.807) is 6.08 Å². The lowest BCUT2D eigenvalue weighted by Crippen LogP contribution is -2.33. The van der Waals surface area contributed by atoms with Crippen LogP contribution in [0.25, 0.3) is 6.08 Å². The number of carbonyl (C=O) groups excluding carboxylic acids is 1. The quantitative estimate of drug-likeness (QED) is 0.509. The molecule has 1 aliphatic rings. The minimum Gasteiger partial charge on any atom is -0.489 e. The minimum atomic E-state index is 0.0153. The lowest BCUT2D eigenvalue weighted by Gasteiger charge is -2.18. The minimum absolute atomic E-state index is 0.0153. The van der Waals surface area contributed by atoms with Gasteiger partial charge in [-0.25, -0.2) is 0 Å². The van der Waals surface area contributed by atoms with Gasteiger partial charge in [0.15, 0.2) is 0 Å². The molecule has 166 valence electrons. The Morgan fingerprint density at radius 2 is 1.39 bits per heavy atom. The summed E-state index contributed by atoms with van der Waals surface area (Å²) in [5.74, 6) is 0.847. The van der Waals surface area contributed by atoms with E-state index in [9.17, 15) is 4.79 Å². The van der Waals surface area contributed by atoms with Crippen molar-refractivity contribution in [1.29, 1.82) is 0 Å². The second-order valence-corrected chi connectivity index (χ2v) is 8.64. The summed E-state index contributed by atoms with van der Waals surface area (Å²) < 4.78 is 5.83. The molecule has 0 heterocycles. The summed E-state index contributed by atoms with van der Waals surface area (Å²) in [7, 11) is 0. The third-order valence-corrected chi connectivity index (χ3v) is 6.01. The first kappa shape index (κ1) is 23.1. The first-order valence-electron chi connectivity index (χ1n) is 12.0. The summed E-state index contributed by atoms with van der Waals surface area (Å²) in [6.45, 7) is 0.555. The van der Waals surface area contributed by atoms with E-state index >= 15 is 0 Å². The summed E-state index contributed by atoms with van der Waals surface area (Å²) in [6, 6.07) is 18.3. The van der Waals surface area contributed by atoms with E-state index in [1.165, 1.54) is 57.8 Å². The van der Waals surface area contributed by atoms with E-state index in [4.69, 9.17) is 4.74 Å². The number of hydrogen-bond donors (Lipinski definition) is 1. The van der Waals surface area contributed by atoms with Gasteiger partial charge in [0.1, 0.15) is 12.4 Å². The molecular weight excluding hydrogens is 382 g/mol. The van der Waals surface area contributed by atoms with Crippen molar-refractivity contribution in [2.45, 2.75) is 83.3 Å². The van der Waals surface area contributed by atoms with E-state index in [0.717, 1.165) is 29.7 Å². The van der Waals surface area contributed by atoms with Crippen LogP contribution in [-0.2, 0) is 11.4 Å². The SMILES string of the molecule is O=C(/C=C/c1ccc(OCc2ccccc2)cc1)NC1CCCCCCCCCCC1. The molecule has 1 fully saturated rings. The van der Waals surface area contributed by atoms with Gasteiger partial charge >= 0.3 is 0 Å². The van der Waals surface area contributed by atoms with Crippen LogP contribution >= 0.6 is 0 Å². The lowest BCUT2D eigenvalue weighted by molar-refractivity contribution is -0.117. The van der Waals surface area contributed by atoms with Gasteiger partial charge in [-0.1, -0.05) is 100 Å². The second-order valence-electron chi connectivity index (χ2n) is 8.64. The molecule has 3 heteroatoms. The summed E-state index contributed by atoms with van der Waals surface area (Å²) in [5.41, 5.74) is 2.15. The van der Waals surface area contributed by atoms with Gasteiger partial charge in [0.25, 0.3) is 0 Å². The molecule has 2 aromatic carbocycles. The highest BCUT2D eigenvalue weighted by Gasteiger charge is 2.11. The molecule has 1 amide bonds. The van der Waals surface area contributed by atoms with Crippen LogP contribution in [0, 0.1) is 0 Å². The van der Waals surface area contributed by atoms with E-state index < -0.39 is 0 Å². The van der Waals surface area contributed by atoms with Gasteiger partial charge in [0, 0.05) is 12.1 Å². The molecule has 3 rings (SSSR count). The third-order valence-electron chi connectivity index (χ3n) is 6.01. The first-order valence-corrected chi connectivity index (χ1v) is 12.0. The lowest BCUT2D eigenvalue weighted by atomic mass is 9.98. The highest BCUT2D eigenvalue weighted by Crippen LogP contribution is 2.18. The van der Waals surface area contributed by atoms with Crippen LogP contribution in [0.3, 0.4) is 0 Å². The number of nitrogens with one attached hydrogen (secondary N) is 1. The molecule has 1 N–H and O–H groups in total. The molecule has 0 aliphatic heterocycles. The fourth-order valence-electron chi connectivity index (χ4n) is 4.14. The standard InChI is InChI=1S/C28H37NO2/c30-28(29-26-15-11-6-4-2-1-3-5-7-12-16-26)22-19-24-17-20-27(21-18-24)31-23-25-13-9-8-10-14-25/h8-10,13-14,17-22,26H,1-7,11-12,15-16,23H2,(H,29,30)/b22-19+. The number of ether oxygens (including phenoxy) is 1. The first-order chi connectivity index (χ1) is 15.3. The fourth-order valence-corrected chi connectivity index (χ4v) is 4.14. The smallest absolute Gasteiger partial charge is 0.244 e. The number of carbonyl (C=O) groups is 1. The Bertz CT molecular complexity index is 770. The van der Waals surface area contributed by atoms with Crippen molar-refractivity contribution in [3.63, 3.8) is 0 Å². The highest BCUT2D eigenvalue weighted by atomic mass is 16.5. The van der Waals surface area contributed by atoms with Crippen LogP contribution in [0.4, 0.5) is 0 Å². The van der Waals surface area contributed by atoms with Crippen molar-refractivity contribution in [3.05, 3.63) is 71.8 Å². The van der Waals surface area contributed by atoms with Gasteiger partial charge in [-0.3, -0.25) is 4.79 Å². The molecule has 0 radical (unpaired) electrons. The Balaban J connectivity index is 1.44. The Labute approximate surface area is 187 Å². The zero-order valence-electron chi connectivity index (χ0n) is 18.7. The molecule has 0 saturated heterocycles. The molecule has 0 unspecified atom stereocenters. The van der Waals surface area contributed by atoms with Crippen molar-refractivity contribution in [3.8, 4) is 5.75 Å². The van der Waals surface area contributed by atoms with E-state index in [-0.39, 0.29) is 5.91 Å². The molecule has 2 aromatic rings. The maximum absolute atomic E-state index is 12.5. The summed E-state index contributed by atoms with van der Waals surface area (Å²) in [5, 5.41) is 3.24. The molecule has 3 nitrogen and oxygen atoms in total. The van der Waals surface area contributed by atoms with Crippen LogP contribution in [0.5, 0.6) is 5.75 Å². The van der Waals surface area contributed by atoms with Crippen molar-refractivity contribution in [2.75, 3.05) is 0 Å². The van der Waals surface area contributed by atoms with Crippen molar-refractivity contribution in [1.82, 2.24) is 5.32 Å². The number of rotatable bonds is 6. The summed E-state index contributed by atoms with van der Waals surface area (Å²) in [6.07, 6.45) is 17.6. The maximum atomic E-state index is 12.5. The Morgan fingerprint density at radius 3 is 2.00 bits per heavy atom. The monoisotopic (exact) mass is 419 g/mol. The van der Waals surface area contributed by atoms with E-state index in [1.807, 2.05) is 48.5 Å². The van der Waals surface area contributed by atoms with Gasteiger partial charge in [-0.05, 0) is 42.2 Å². The predicted octanol–water partition coefficient (Wildman–Crippen LogP) is 7.07. The number of amides is 1. The Hall–Kier alpha value is -2.55. The number of hydrogen-bond acceptors (Lipinski definition) is 2. The van der Waals surface area contributed by atoms with Gasteiger partial charge in [0.05, 0.1) is 0 Å². The highest BCUT2D eigenvalue weighted by molar-refractivity contribution is 5.91. The van der Waals surface area contributed by atoms with E-state index in [2.05, 4.69) is 17.4 Å². The molecule has 0 bridgehead atoms. The predicted molar refractivity (Wildman–Crippen MR) is 129 cm³/mol. The van der Waals surface area contributed by atoms with E-state index in [0.29, 0.717) is 12.6 Å². The Morgan fingerprint density at radius 1 is 0.806 bits per heavy atom. The van der Waals surface area contributed by atoms with Crippen molar-refractivity contribution < 1.29 is 9.53 Å². The molecule has 1 saturated carbocycles. The second kappa shape index (κ2) is 13.7. The zero-order valence-corrected chi connectivity index (χ0v) is 18.7. The van der Waals surface area contributed by atoms with Crippen LogP contribution in [0.1, 0.15) is 81.8 Å². The van der Waals surface area contributed by atoms with Gasteiger partial charge < -0.3 is 10.1 Å². The van der Waals surface area contributed by atoms with Crippen LogP contribution < -0.4 is 10.1 Å². The Kier molecular flexibility index (Phi) is 10.2. The van der Waals surface area contributed by atoms with Gasteiger partial charge in [-0.2, -0.15) is 0 Å². The average molecular weight is 420 g/mol. The van der Waals surface area contributed by atoms with Gasteiger partial charge in [-0.15, -0.1) is 0 Å². The topological polar surface area (TPSA) is 38.3 Å². The summed E-state index contributed by atoms with van der Waals surface area (Å²) in [4.78, 5) is 12.5. The summed E-state index contributed by atoms with van der Waals surface area (Å²) >= 11 is 0. The molecule has 0 spiro atoms. The maximum Gasteiger partial charge on any atom is 0.244 e. The molecule has 0 atom stereocenters. The largest absolute Gasteiger partial charge is 0.489 e. The average Bonchev–Trinajstić information content (AvgIpc) is 2.79. The molecule has 31 heavy (non-hydrogen) atoms. The van der Waals surface area contributed by atoms with Crippen LogP contribution in [0.15, 0.2) is 60.7 Å². The normalized spacial score (nSPS) is 16.9. The van der Waals surface area contributed by atoms with Crippen molar-refractivity contribution in [2.24, 2.45) is 0 Å². The van der Waals surface area contributed by atoms with Crippen molar-refractivity contribution >= 4 is 12.0 Å². The fraction of sp³-hybridized carbons (Fsp3) is 0.464. The van der Waals surface area contributed by atoms with Gasteiger partial charge in [0.2, 0.25) is 5.91 Å². The van der Waals surface area contributed by atoms with Crippen LogP contribution in [0.2, 0.25) is 0 Å². The number of benzene rings is 2. The van der Waals surface area contributed by atoms with Crippen LogP contribution in [-0.4, -0.2) is 11.9 Å². The molecule has 0 aromatic heterocycles. The zero-order chi connectivity index (χ0) is 21.6. The molecular formula is C28H37NO2. The molecule has 1 aliphatic carbocycles. The third kappa shape index (κ3) is 9.42.